The molecule has 2 atom stereocenters. The third kappa shape index (κ3) is 3.27. The van der Waals surface area contributed by atoms with Crippen molar-refractivity contribution in [3.8, 4) is 0 Å². The highest BCUT2D eigenvalue weighted by atomic mass is 16.4. The van der Waals surface area contributed by atoms with Gasteiger partial charge in [-0.25, -0.2) is 4.79 Å². The van der Waals surface area contributed by atoms with Crippen LogP contribution < -0.4 is 0 Å². The zero-order valence-electron chi connectivity index (χ0n) is 12.7. The van der Waals surface area contributed by atoms with E-state index in [4.69, 9.17) is 5.11 Å². The Morgan fingerprint density at radius 2 is 2.05 bits per heavy atom. The normalized spacial score (nSPS) is 26.0. The summed E-state index contributed by atoms with van der Waals surface area (Å²) < 4.78 is 0. The minimum atomic E-state index is -0.858. The van der Waals surface area contributed by atoms with Crippen LogP contribution in [0.1, 0.15) is 41.6 Å². The van der Waals surface area contributed by atoms with Crippen LogP contribution in [-0.2, 0) is 6.54 Å². The molecular formula is C17H24N2O2. The van der Waals surface area contributed by atoms with Crippen LogP contribution in [0.4, 0.5) is 0 Å². The molecule has 0 spiro atoms. The van der Waals surface area contributed by atoms with Crippen LogP contribution in [0.3, 0.4) is 0 Å². The number of carboxylic acid groups (broad SMARTS) is 1. The molecule has 2 aliphatic heterocycles. The second-order valence-electron chi connectivity index (χ2n) is 6.43. The van der Waals surface area contributed by atoms with Crippen LogP contribution in [-0.4, -0.2) is 53.1 Å². The van der Waals surface area contributed by atoms with Gasteiger partial charge in [0.15, 0.2) is 0 Å². The quantitative estimate of drug-likeness (QED) is 0.924. The van der Waals surface area contributed by atoms with E-state index < -0.39 is 5.97 Å². The summed E-state index contributed by atoms with van der Waals surface area (Å²) in [5, 5.41) is 8.93. The first kappa shape index (κ1) is 14.5. The first-order valence-electron chi connectivity index (χ1n) is 7.90. The molecule has 2 aliphatic rings. The number of hydrogen-bond acceptors (Lipinski definition) is 3. The smallest absolute Gasteiger partial charge is 0.335 e. The highest BCUT2D eigenvalue weighted by molar-refractivity contribution is 5.87. The maximum absolute atomic E-state index is 10.9. The Hall–Kier alpha value is -1.39. The van der Waals surface area contributed by atoms with Gasteiger partial charge in [0.2, 0.25) is 0 Å². The Labute approximate surface area is 126 Å². The summed E-state index contributed by atoms with van der Waals surface area (Å²) in [5.41, 5.74) is 1.55. The van der Waals surface area contributed by atoms with E-state index in [1.165, 1.54) is 44.3 Å². The van der Waals surface area contributed by atoms with Gasteiger partial charge in [0.25, 0.3) is 0 Å². The van der Waals surface area contributed by atoms with E-state index >= 15 is 0 Å². The Bertz CT molecular complexity index is 500. The van der Waals surface area contributed by atoms with Crippen molar-refractivity contribution in [2.45, 2.75) is 44.3 Å². The summed E-state index contributed by atoms with van der Waals surface area (Å²) in [6.07, 6.45) is 5.25. The molecule has 4 nitrogen and oxygen atoms in total. The lowest BCUT2D eigenvalue weighted by atomic mass is 9.96. The number of aromatic carboxylic acids is 1. The lowest BCUT2D eigenvalue weighted by Crippen LogP contribution is -2.46. The van der Waals surface area contributed by atoms with E-state index in [1.54, 1.807) is 12.1 Å². The minimum absolute atomic E-state index is 0.362. The monoisotopic (exact) mass is 288 g/mol. The number of carboxylic acids is 1. The average Bonchev–Trinajstić information content (AvgIpc) is 2.95. The van der Waals surface area contributed by atoms with Gasteiger partial charge in [0, 0.05) is 18.6 Å². The molecule has 0 bridgehead atoms. The summed E-state index contributed by atoms with van der Waals surface area (Å²) in [4.78, 5) is 16.0. The molecular weight excluding hydrogens is 264 g/mol. The molecule has 0 saturated carbocycles. The van der Waals surface area contributed by atoms with E-state index in [-0.39, 0.29) is 0 Å². The van der Waals surface area contributed by atoms with Gasteiger partial charge in [0.05, 0.1) is 5.56 Å². The van der Waals surface area contributed by atoms with Crippen LogP contribution in [0.5, 0.6) is 0 Å². The van der Waals surface area contributed by atoms with Crippen molar-refractivity contribution < 1.29 is 9.90 Å². The van der Waals surface area contributed by atoms with Gasteiger partial charge in [-0.3, -0.25) is 4.90 Å². The molecule has 2 heterocycles. The number of rotatable bonds is 4. The first-order valence-corrected chi connectivity index (χ1v) is 7.90. The van der Waals surface area contributed by atoms with E-state index in [0.29, 0.717) is 11.6 Å². The predicted molar refractivity (Wildman–Crippen MR) is 82.5 cm³/mol. The summed E-state index contributed by atoms with van der Waals surface area (Å²) >= 11 is 0. The Kier molecular flexibility index (Phi) is 4.27. The van der Waals surface area contributed by atoms with Crippen LogP contribution in [0, 0.1) is 0 Å². The van der Waals surface area contributed by atoms with E-state index in [1.807, 2.05) is 12.1 Å². The number of hydrogen-bond donors (Lipinski definition) is 1. The Morgan fingerprint density at radius 1 is 1.29 bits per heavy atom. The highest BCUT2D eigenvalue weighted by Crippen LogP contribution is 2.29. The molecule has 0 aliphatic carbocycles. The second-order valence-corrected chi connectivity index (χ2v) is 6.43. The van der Waals surface area contributed by atoms with Crippen LogP contribution >= 0.6 is 0 Å². The number of carbonyl (C=O) groups is 1. The van der Waals surface area contributed by atoms with Gasteiger partial charge >= 0.3 is 5.97 Å². The van der Waals surface area contributed by atoms with Crippen molar-refractivity contribution in [2.75, 3.05) is 20.1 Å². The van der Waals surface area contributed by atoms with Crippen molar-refractivity contribution in [1.29, 1.82) is 0 Å². The van der Waals surface area contributed by atoms with E-state index in [0.717, 1.165) is 12.6 Å². The van der Waals surface area contributed by atoms with Crippen molar-refractivity contribution in [1.82, 2.24) is 9.80 Å². The molecule has 2 fully saturated rings. The minimum Gasteiger partial charge on any atom is -0.478 e. The number of nitrogens with zero attached hydrogens (tertiary/aromatic N) is 2. The zero-order chi connectivity index (χ0) is 14.8. The predicted octanol–water partition coefficient (Wildman–Crippen LogP) is 2.44. The fourth-order valence-electron chi connectivity index (χ4n) is 3.77. The summed E-state index contributed by atoms with van der Waals surface area (Å²) in [6, 6.07) is 8.72. The third-order valence-electron chi connectivity index (χ3n) is 5.05. The Balaban J connectivity index is 1.58. The molecule has 0 aromatic heterocycles. The number of piperidine rings is 1. The topological polar surface area (TPSA) is 43.8 Å². The van der Waals surface area contributed by atoms with Gasteiger partial charge in [-0.05, 0) is 63.5 Å². The fourth-order valence-corrected chi connectivity index (χ4v) is 3.77. The molecule has 3 rings (SSSR count). The SMILES string of the molecule is CN(Cc1ccc(C(=O)O)cc1)C1CCN2CCCC2C1. The average molecular weight is 288 g/mol. The van der Waals surface area contributed by atoms with E-state index in [2.05, 4.69) is 16.8 Å². The number of benzene rings is 1. The first-order chi connectivity index (χ1) is 10.1. The molecule has 21 heavy (non-hydrogen) atoms. The molecule has 4 heteroatoms. The van der Waals surface area contributed by atoms with Crippen LogP contribution in [0.15, 0.2) is 24.3 Å². The highest BCUT2D eigenvalue weighted by Gasteiger charge is 2.33. The van der Waals surface area contributed by atoms with Crippen LogP contribution in [0.2, 0.25) is 0 Å². The summed E-state index contributed by atoms with van der Waals surface area (Å²) in [7, 11) is 2.19. The second kappa shape index (κ2) is 6.16. The van der Waals surface area contributed by atoms with Crippen molar-refractivity contribution in [2.24, 2.45) is 0 Å². The lowest BCUT2D eigenvalue weighted by molar-refractivity contribution is 0.0697. The lowest BCUT2D eigenvalue weighted by Gasteiger charge is -2.39. The van der Waals surface area contributed by atoms with Gasteiger partial charge < -0.3 is 10.0 Å². The van der Waals surface area contributed by atoms with Gasteiger partial charge in [-0.15, -0.1) is 0 Å². The fraction of sp³-hybridized carbons (Fsp3) is 0.588. The molecule has 0 radical (unpaired) electrons. The molecule has 1 aromatic rings. The zero-order valence-corrected chi connectivity index (χ0v) is 12.7. The number of fused-ring (bicyclic) bond motifs is 1. The standard InChI is InChI=1S/C17H24N2O2/c1-18(12-13-4-6-14(7-5-13)17(20)21)15-8-10-19-9-2-3-16(19)11-15/h4-7,15-16H,2-3,8-12H2,1H3,(H,20,21). The van der Waals surface area contributed by atoms with Crippen molar-refractivity contribution in [3.63, 3.8) is 0 Å². The molecule has 2 saturated heterocycles. The molecule has 1 N–H and O–H groups in total. The third-order valence-corrected chi connectivity index (χ3v) is 5.05. The maximum Gasteiger partial charge on any atom is 0.335 e. The summed E-state index contributed by atoms with van der Waals surface area (Å²) in [6.45, 7) is 3.42. The molecule has 2 unspecified atom stereocenters. The molecule has 1 aromatic carbocycles. The van der Waals surface area contributed by atoms with E-state index in [9.17, 15) is 4.79 Å². The van der Waals surface area contributed by atoms with Gasteiger partial charge in [0.1, 0.15) is 0 Å². The van der Waals surface area contributed by atoms with Crippen molar-refractivity contribution >= 4 is 5.97 Å². The Morgan fingerprint density at radius 3 is 2.76 bits per heavy atom. The van der Waals surface area contributed by atoms with Gasteiger partial charge in [-0.2, -0.15) is 0 Å². The van der Waals surface area contributed by atoms with Crippen molar-refractivity contribution in [3.05, 3.63) is 35.4 Å². The largest absolute Gasteiger partial charge is 0.478 e. The van der Waals surface area contributed by atoms with Gasteiger partial charge in [-0.1, -0.05) is 12.1 Å². The summed E-state index contributed by atoms with van der Waals surface area (Å²) in [5.74, 6) is -0.858. The van der Waals surface area contributed by atoms with Crippen LogP contribution in [0.25, 0.3) is 0 Å². The molecule has 0 amide bonds. The maximum atomic E-state index is 10.9. The molecule has 114 valence electrons.